The second kappa shape index (κ2) is 29.7. The Balaban J connectivity index is 0.000000188. The highest BCUT2D eigenvalue weighted by Gasteiger charge is 2.18. The van der Waals surface area contributed by atoms with Crippen LogP contribution in [0.4, 0.5) is 17.1 Å². The Bertz CT molecular complexity index is 4150. The molecule has 0 aromatic heterocycles. The number of rotatable bonds is 23. The molecule has 19 heteroatoms. The summed E-state index contributed by atoms with van der Waals surface area (Å²) in [5, 5.41) is 27.7. The predicted molar refractivity (Wildman–Crippen MR) is 335 cm³/mol. The van der Waals surface area contributed by atoms with Crippen molar-refractivity contribution < 1.29 is 59.8 Å². The molecule has 442 valence electrons. The van der Waals surface area contributed by atoms with E-state index >= 15 is 0 Å². The van der Waals surface area contributed by atoms with Crippen molar-refractivity contribution in [3.05, 3.63) is 280 Å². The number of hydrogen-bond acceptors (Lipinski definition) is 10. The van der Waals surface area contributed by atoms with Gasteiger partial charge in [-0.1, -0.05) is 146 Å². The minimum absolute atomic E-state index is 0.0285. The minimum atomic E-state index is -3.77. The lowest BCUT2D eigenvalue weighted by Gasteiger charge is -2.10. The van der Waals surface area contributed by atoms with E-state index in [1.807, 2.05) is 84.9 Å². The molecule has 0 bridgehead atoms. The number of Topliss-reactive ketones (excluding diaryl/α,β-unsaturated/α-hetero) is 1. The summed E-state index contributed by atoms with van der Waals surface area (Å²) in [5.74, 6) is -2.92. The summed E-state index contributed by atoms with van der Waals surface area (Å²) >= 11 is 0. The number of nitrogens with one attached hydrogen (secondary N) is 3. The van der Waals surface area contributed by atoms with Gasteiger partial charge in [-0.05, 0) is 176 Å². The Hall–Kier alpha value is -9.69. The topological polar surface area (TPSA) is 267 Å². The fourth-order valence-electron chi connectivity index (χ4n) is 8.90. The Morgan fingerprint density at radius 2 is 0.651 bits per heavy atom. The lowest BCUT2D eigenvalue weighted by molar-refractivity contribution is 0.0684. The van der Waals surface area contributed by atoms with Crippen molar-refractivity contribution in [2.75, 3.05) is 19.9 Å². The van der Waals surface area contributed by atoms with Gasteiger partial charge < -0.3 is 15.3 Å². The van der Waals surface area contributed by atoms with Crippen molar-refractivity contribution in [3.8, 4) is 11.1 Å². The van der Waals surface area contributed by atoms with Gasteiger partial charge in [-0.15, -0.1) is 0 Å². The van der Waals surface area contributed by atoms with Gasteiger partial charge in [-0.2, -0.15) is 0 Å². The molecule has 9 aromatic rings. The molecule has 0 saturated heterocycles. The summed E-state index contributed by atoms with van der Waals surface area (Å²) in [7, 11) is -10.7. The maximum atomic E-state index is 12.8. The zero-order valence-electron chi connectivity index (χ0n) is 47.0. The number of carboxylic acid groups (broad SMARTS) is 3. The molecule has 16 nitrogen and oxygen atoms in total. The van der Waals surface area contributed by atoms with Crippen molar-refractivity contribution in [1.29, 1.82) is 0 Å². The molecular formula is C67H63N3O13S3. The van der Waals surface area contributed by atoms with Gasteiger partial charge in [-0.3, -0.25) is 19.0 Å². The molecule has 0 amide bonds. The standard InChI is InChI=1S/C27H23NO4S.C23H21NO5S.C17H19NO4S/c29-27(30)26-9-5-4-8-23(26)13-10-20-11-16-24(17-12-20)28-33(31,32)25-18-14-22(15-19-25)21-6-2-1-3-7-21;1-16(25)18-10-14-21(15-11-18)30(28,29)24-20-12-7-17(8-13-20)6-9-19-4-2-3-5-22(19)23(26)27;1-2-23(21,22)18-15-11-8-13(9-12-15)7-10-14-5-3-4-6-16(14)17(19)20/h1-9,11-12,14-19,28H,10,13H2,(H,29,30);2-5,7-8,10-15,24H,6,9H2,1H3,(H,26,27);3-6,8-9,11-12,18H,2,7,10H2,1H3,(H,19,20). The zero-order chi connectivity index (χ0) is 61.9. The summed E-state index contributed by atoms with van der Waals surface area (Å²) < 4.78 is 81.2. The maximum Gasteiger partial charge on any atom is 0.335 e. The molecule has 0 fully saturated rings. The SMILES string of the molecule is CC(=O)c1ccc(S(=O)(=O)Nc2ccc(CCc3ccccc3C(=O)O)cc2)cc1.CCS(=O)(=O)Nc1ccc(CCc2ccccc2C(=O)O)cc1.O=C(O)c1ccccc1CCc1ccc(NS(=O)(=O)c2ccc(-c3ccccc3)cc2)cc1. The largest absolute Gasteiger partial charge is 0.478 e. The number of carboxylic acids is 3. The molecule has 0 heterocycles. The van der Waals surface area contributed by atoms with Crippen LogP contribution < -0.4 is 14.2 Å². The van der Waals surface area contributed by atoms with E-state index in [-0.39, 0.29) is 26.9 Å². The van der Waals surface area contributed by atoms with Crippen molar-refractivity contribution >= 4 is 70.8 Å². The van der Waals surface area contributed by atoms with Crippen LogP contribution in [0.3, 0.4) is 0 Å². The average molecular weight is 1210 g/mol. The first-order valence-electron chi connectivity index (χ1n) is 27.1. The van der Waals surface area contributed by atoms with E-state index in [0.717, 1.165) is 44.5 Å². The number of carbonyl (C=O) groups excluding carboxylic acids is 1. The van der Waals surface area contributed by atoms with Crippen LogP contribution in [0, 0.1) is 0 Å². The Morgan fingerprint density at radius 3 is 0.977 bits per heavy atom. The smallest absolute Gasteiger partial charge is 0.335 e. The molecule has 0 saturated carbocycles. The number of sulfonamides is 3. The third-order valence-corrected chi connectivity index (χ3v) is 17.8. The summed E-state index contributed by atoms with van der Waals surface area (Å²) in [5.41, 5.74) is 10.0. The van der Waals surface area contributed by atoms with Gasteiger partial charge in [0.05, 0.1) is 32.2 Å². The van der Waals surface area contributed by atoms with E-state index in [4.69, 9.17) is 5.11 Å². The van der Waals surface area contributed by atoms with Crippen LogP contribution in [-0.2, 0) is 68.6 Å². The van der Waals surface area contributed by atoms with E-state index < -0.39 is 48.0 Å². The second-order valence-electron chi connectivity index (χ2n) is 19.7. The van der Waals surface area contributed by atoms with E-state index in [2.05, 4.69) is 14.2 Å². The number of aryl methyl sites for hydroxylation is 6. The van der Waals surface area contributed by atoms with E-state index in [1.54, 1.807) is 122 Å². The summed E-state index contributed by atoms with van der Waals surface area (Å²) in [6.45, 7) is 3.00. The Labute approximate surface area is 501 Å². The highest BCUT2D eigenvalue weighted by atomic mass is 32.2. The number of hydrogen-bond donors (Lipinski definition) is 6. The maximum absolute atomic E-state index is 12.8. The molecule has 9 rings (SSSR count). The highest BCUT2D eigenvalue weighted by Crippen LogP contribution is 2.25. The average Bonchev–Trinajstić information content (AvgIpc) is 2.86. The van der Waals surface area contributed by atoms with Crippen LogP contribution in [0.2, 0.25) is 0 Å². The lowest BCUT2D eigenvalue weighted by atomic mass is 10.00. The highest BCUT2D eigenvalue weighted by molar-refractivity contribution is 7.93. The molecule has 0 aliphatic rings. The molecule has 0 atom stereocenters. The molecule has 0 unspecified atom stereocenters. The fourth-order valence-corrected chi connectivity index (χ4v) is 11.7. The van der Waals surface area contributed by atoms with Crippen molar-refractivity contribution in [1.82, 2.24) is 0 Å². The van der Waals surface area contributed by atoms with E-state index in [9.17, 15) is 54.6 Å². The van der Waals surface area contributed by atoms with Gasteiger partial charge in [0, 0.05) is 22.6 Å². The zero-order valence-corrected chi connectivity index (χ0v) is 49.4. The van der Waals surface area contributed by atoms with Gasteiger partial charge in [0.15, 0.2) is 5.78 Å². The molecule has 0 aliphatic carbocycles. The van der Waals surface area contributed by atoms with Gasteiger partial charge in [-0.25, -0.2) is 39.6 Å². The second-order valence-corrected chi connectivity index (χ2v) is 25.0. The summed E-state index contributed by atoms with van der Waals surface area (Å²) in [6.07, 6.45) is 3.73. The summed E-state index contributed by atoms with van der Waals surface area (Å²) in [4.78, 5) is 45.4. The van der Waals surface area contributed by atoms with Gasteiger partial charge in [0.2, 0.25) is 10.0 Å². The molecule has 9 aromatic carbocycles. The van der Waals surface area contributed by atoms with Crippen LogP contribution in [-0.4, -0.2) is 70.0 Å². The fraction of sp³-hybridized carbons (Fsp3) is 0.134. The van der Waals surface area contributed by atoms with Crippen molar-refractivity contribution in [2.45, 2.75) is 62.2 Å². The number of anilines is 3. The first-order chi connectivity index (χ1) is 41.1. The molecular weight excluding hydrogens is 1150 g/mol. The third kappa shape index (κ3) is 18.7. The van der Waals surface area contributed by atoms with Gasteiger partial charge in [0.25, 0.3) is 20.0 Å². The van der Waals surface area contributed by atoms with Crippen LogP contribution in [0.25, 0.3) is 11.1 Å². The normalized spacial score (nSPS) is 11.1. The lowest BCUT2D eigenvalue weighted by Crippen LogP contribution is -2.14. The predicted octanol–water partition coefficient (Wildman–Crippen LogP) is 12.7. The van der Waals surface area contributed by atoms with Gasteiger partial charge >= 0.3 is 17.9 Å². The van der Waals surface area contributed by atoms with E-state index in [0.29, 0.717) is 72.3 Å². The van der Waals surface area contributed by atoms with Crippen LogP contribution in [0.1, 0.15) is 88.7 Å². The molecule has 86 heavy (non-hydrogen) atoms. The minimum Gasteiger partial charge on any atom is -0.478 e. The number of carbonyl (C=O) groups is 4. The number of benzene rings is 9. The van der Waals surface area contributed by atoms with Crippen LogP contribution in [0.5, 0.6) is 0 Å². The van der Waals surface area contributed by atoms with E-state index in [1.165, 1.54) is 31.2 Å². The molecule has 0 radical (unpaired) electrons. The monoisotopic (exact) mass is 1210 g/mol. The van der Waals surface area contributed by atoms with Crippen LogP contribution >= 0.6 is 0 Å². The van der Waals surface area contributed by atoms with Crippen molar-refractivity contribution in [3.63, 3.8) is 0 Å². The molecule has 6 N–H and O–H groups in total. The quantitative estimate of drug-likeness (QED) is 0.0326. The first kappa shape index (κ1) is 63.9. The van der Waals surface area contributed by atoms with Gasteiger partial charge in [0.1, 0.15) is 0 Å². The molecule has 0 aliphatic heterocycles. The summed E-state index contributed by atoms with van der Waals surface area (Å²) in [6, 6.07) is 64.3. The Morgan fingerprint density at radius 1 is 0.349 bits per heavy atom. The molecule has 0 spiro atoms. The van der Waals surface area contributed by atoms with Crippen molar-refractivity contribution in [2.24, 2.45) is 0 Å². The number of ketones is 1. The first-order valence-corrected chi connectivity index (χ1v) is 31.7. The Kier molecular flexibility index (Phi) is 22.1. The third-order valence-electron chi connectivity index (χ3n) is 13.7. The number of aromatic carboxylic acids is 3. The van der Waals surface area contributed by atoms with Crippen LogP contribution in [0.15, 0.2) is 234 Å².